The van der Waals surface area contributed by atoms with E-state index in [1.54, 1.807) is 7.05 Å². The van der Waals surface area contributed by atoms with Crippen LogP contribution in [-0.2, 0) is 6.61 Å². The second-order valence-corrected chi connectivity index (χ2v) is 5.44. The molecule has 21 heavy (non-hydrogen) atoms. The molecule has 1 aromatic heterocycles. The average Bonchev–Trinajstić information content (AvgIpc) is 2.89. The van der Waals surface area contributed by atoms with Gasteiger partial charge in [0.2, 0.25) is 0 Å². The number of thiophene rings is 1. The summed E-state index contributed by atoms with van der Waals surface area (Å²) in [6.45, 7) is 3.87. The van der Waals surface area contributed by atoms with Crippen molar-refractivity contribution >= 4 is 28.1 Å². The molecule has 0 saturated carbocycles. The number of amides is 2. The van der Waals surface area contributed by atoms with Gasteiger partial charge in [0.05, 0.1) is 6.61 Å². The molecule has 0 unspecified atom stereocenters. The van der Waals surface area contributed by atoms with Crippen LogP contribution in [0.25, 0.3) is 16.1 Å². The Morgan fingerprint density at radius 3 is 2.76 bits per heavy atom. The fourth-order valence-electron chi connectivity index (χ4n) is 1.99. The summed E-state index contributed by atoms with van der Waals surface area (Å²) in [5, 5.41) is 15.6. The zero-order chi connectivity index (χ0) is 15.4. The SMILES string of the molecule is C=C(NC)c1cc(-c2ccccc2CO)sc1NC(N)=O. The number of primary amides is 1. The molecule has 2 amide bonds. The molecule has 0 aliphatic carbocycles. The van der Waals surface area contributed by atoms with E-state index in [-0.39, 0.29) is 6.61 Å². The topological polar surface area (TPSA) is 87.4 Å². The molecule has 6 heteroatoms. The minimum atomic E-state index is -0.621. The quantitative estimate of drug-likeness (QED) is 0.684. The standard InChI is InChI=1S/C15H17N3O2S/c1-9(17-2)12-7-13(21-14(12)18-15(16)20)11-6-4-3-5-10(11)8-19/h3-7,17,19H,1,8H2,2H3,(H3,16,18,20). The van der Waals surface area contributed by atoms with E-state index in [2.05, 4.69) is 17.2 Å². The number of rotatable bonds is 5. The third-order valence-electron chi connectivity index (χ3n) is 3.05. The van der Waals surface area contributed by atoms with E-state index in [0.717, 1.165) is 21.6 Å². The van der Waals surface area contributed by atoms with Crippen LogP contribution in [0, 0.1) is 0 Å². The number of hydrogen-bond acceptors (Lipinski definition) is 4. The van der Waals surface area contributed by atoms with E-state index in [4.69, 9.17) is 5.73 Å². The number of nitrogens with one attached hydrogen (secondary N) is 2. The fourth-order valence-corrected chi connectivity index (χ4v) is 3.14. The molecule has 1 heterocycles. The molecule has 0 spiro atoms. The Balaban J connectivity index is 2.52. The summed E-state index contributed by atoms with van der Waals surface area (Å²) in [6, 6.07) is 8.87. The maximum atomic E-state index is 11.1. The summed E-state index contributed by atoms with van der Waals surface area (Å²) >= 11 is 1.39. The fraction of sp³-hybridized carbons (Fsp3) is 0.133. The van der Waals surface area contributed by atoms with Gasteiger partial charge in [-0.1, -0.05) is 30.8 Å². The molecule has 5 N–H and O–H groups in total. The van der Waals surface area contributed by atoms with E-state index < -0.39 is 6.03 Å². The number of hydrogen-bond donors (Lipinski definition) is 4. The van der Waals surface area contributed by atoms with Crippen LogP contribution in [0.4, 0.5) is 9.80 Å². The van der Waals surface area contributed by atoms with E-state index in [1.165, 1.54) is 11.3 Å². The molecule has 2 aromatic rings. The molecule has 0 atom stereocenters. The highest BCUT2D eigenvalue weighted by atomic mass is 32.1. The maximum absolute atomic E-state index is 11.1. The lowest BCUT2D eigenvalue weighted by Gasteiger charge is -2.05. The highest BCUT2D eigenvalue weighted by Crippen LogP contribution is 2.39. The zero-order valence-electron chi connectivity index (χ0n) is 11.6. The number of anilines is 1. The summed E-state index contributed by atoms with van der Waals surface area (Å²) in [5.74, 6) is 0. The Hall–Kier alpha value is -2.31. The zero-order valence-corrected chi connectivity index (χ0v) is 12.5. The van der Waals surface area contributed by atoms with Crippen molar-refractivity contribution < 1.29 is 9.90 Å². The minimum Gasteiger partial charge on any atom is -0.392 e. The van der Waals surface area contributed by atoms with Crippen molar-refractivity contribution in [1.29, 1.82) is 0 Å². The Bertz CT molecular complexity index is 679. The third kappa shape index (κ3) is 3.24. The predicted molar refractivity (Wildman–Crippen MR) is 87.0 cm³/mol. The van der Waals surface area contributed by atoms with Crippen molar-refractivity contribution in [1.82, 2.24) is 5.32 Å². The van der Waals surface area contributed by atoms with Crippen molar-refractivity contribution in [2.24, 2.45) is 5.73 Å². The first-order valence-electron chi connectivity index (χ1n) is 6.33. The van der Waals surface area contributed by atoms with Gasteiger partial charge in [-0.2, -0.15) is 0 Å². The first kappa shape index (κ1) is 15.1. The lowest BCUT2D eigenvalue weighted by Crippen LogP contribution is -2.19. The van der Waals surface area contributed by atoms with Gasteiger partial charge >= 0.3 is 6.03 Å². The van der Waals surface area contributed by atoms with Crippen LogP contribution >= 0.6 is 11.3 Å². The van der Waals surface area contributed by atoms with E-state index in [0.29, 0.717) is 10.7 Å². The third-order valence-corrected chi connectivity index (χ3v) is 4.13. The normalized spacial score (nSPS) is 10.2. The minimum absolute atomic E-state index is 0.0467. The van der Waals surface area contributed by atoms with Crippen LogP contribution in [0.3, 0.4) is 0 Å². The number of carbonyl (C=O) groups excluding carboxylic acids is 1. The second-order valence-electron chi connectivity index (χ2n) is 4.39. The Morgan fingerprint density at radius 1 is 1.43 bits per heavy atom. The van der Waals surface area contributed by atoms with Crippen LogP contribution < -0.4 is 16.4 Å². The molecule has 110 valence electrons. The van der Waals surface area contributed by atoms with Gasteiger partial charge in [-0.05, 0) is 17.2 Å². The van der Waals surface area contributed by atoms with Crippen LogP contribution in [-0.4, -0.2) is 18.2 Å². The lowest BCUT2D eigenvalue weighted by atomic mass is 10.1. The van der Waals surface area contributed by atoms with Crippen molar-refractivity contribution in [2.45, 2.75) is 6.61 Å². The average molecular weight is 303 g/mol. The molecule has 2 rings (SSSR count). The number of aliphatic hydroxyl groups excluding tert-OH is 1. The van der Waals surface area contributed by atoms with Crippen LogP contribution in [0.15, 0.2) is 36.9 Å². The molecular weight excluding hydrogens is 286 g/mol. The van der Waals surface area contributed by atoms with Crippen molar-refractivity contribution in [3.05, 3.63) is 48.0 Å². The van der Waals surface area contributed by atoms with Gasteiger partial charge in [-0.3, -0.25) is 5.32 Å². The molecule has 0 radical (unpaired) electrons. The van der Waals surface area contributed by atoms with Crippen molar-refractivity contribution in [3.63, 3.8) is 0 Å². The van der Waals surface area contributed by atoms with Gasteiger partial charge in [0, 0.05) is 23.2 Å². The van der Waals surface area contributed by atoms with Crippen molar-refractivity contribution in [2.75, 3.05) is 12.4 Å². The number of nitrogens with two attached hydrogens (primary N) is 1. The van der Waals surface area contributed by atoms with Gasteiger partial charge in [0.25, 0.3) is 0 Å². The Labute approximate surface area is 127 Å². The Morgan fingerprint density at radius 2 is 2.14 bits per heavy atom. The van der Waals surface area contributed by atoms with E-state index in [1.807, 2.05) is 30.3 Å². The monoisotopic (exact) mass is 303 g/mol. The molecule has 0 aliphatic heterocycles. The van der Waals surface area contributed by atoms with E-state index >= 15 is 0 Å². The number of aliphatic hydroxyl groups is 1. The van der Waals surface area contributed by atoms with Crippen LogP contribution in [0.2, 0.25) is 0 Å². The maximum Gasteiger partial charge on any atom is 0.317 e. The Kier molecular flexibility index (Phi) is 4.62. The predicted octanol–water partition coefficient (Wildman–Crippen LogP) is 2.59. The smallest absolute Gasteiger partial charge is 0.317 e. The van der Waals surface area contributed by atoms with Gasteiger partial charge in [0.15, 0.2) is 0 Å². The van der Waals surface area contributed by atoms with Crippen LogP contribution in [0.5, 0.6) is 0 Å². The molecule has 0 fully saturated rings. The molecule has 0 saturated heterocycles. The summed E-state index contributed by atoms with van der Waals surface area (Å²) in [5.41, 5.74) is 8.42. The van der Waals surface area contributed by atoms with Gasteiger partial charge in [0.1, 0.15) is 5.00 Å². The number of benzene rings is 1. The number of urea groups is 1. The molecule has 1 aromatic carbocycles. The highest BCUT2D eigenvalue weighted by Gasteiger charge is 2.15. The molecule has 5 nitrogen and oxygen atoms in total. The molecular formula is C15H17N3O2S. The summed E-state index contributed by atoms with van der Waals surface area (Å²) in [7, 11) is 1.76. The first-order valence-corrected chi connectivity index (χ1v) is 7.15. The lowest BCUT2D eigenvalue weighted by molar-refractivity contribution is 0.259. The largest absolute Gasteiger partial charge is 0.392 e. The first-order chi connectivity index (χ1) is 10.1. The van der Waals surface area contributed by atoms with Gasteiger partial charge in [-0.25, -0.2) is 4.79 Å². The van der Waals surface area contributed by atoms with Gasteiger partial charge in [-0.15, -0.1) is 11.3 Å². The molecule has 0 aliphatic rings. The molecule has 0 bridgehead atoms. The van der Waals surface area contributed by atoms with Crippen LogP contribution in [0.1, 0.15) is 11.1 Å². The summed E-state index contributed by atoms with van der Waals surface area (Å²) < 4.78 is 0. The highest BCUT2D eigenvalue weighted by molar-refractivity contribution is 7.20. The van der Waals surface area contributed by atoms with Crippen molar-refractivity contribution in [3.8, 4) is 10.4 Å². The van der Waals surface area contributed by atoms with E-state index in [9.17, 15) is 9.90 Å². The summed E-state index contributed by atoms with van der Waals surface area (Å²) in [6.07, 6.45) is 0. The van der Waals surface area contributed by atoms with Gasteiger partial charge < -0.3 is 16.2 Å². The number of carbonyl (C=O) groups is 1. The second kappa shape index (κ2) is 6.43. The summed E-state index contributed by atoms with van der Waals surface area (Å²) in [4.78, 5) is 12.1.